The molecule has 0 fully saturated rings. The first-order chi connectivity index (χ1) is 8.59. The molecule has 0 aromatic carbocycles. The van der Waals surface area contributed by atoms with Gasteiger partial charge in [0.05, 0.1) is 0 Å². The standard InChI is InChI=1S/C12H12N4O2/c1-8-14-7-9(12(17)18)11(15-8)16(2)10-5-3-4-6-13-10/h3-7H,1-2H3,(H,17,18). The van der Waals surface area contributed by atoms with Crippen LogP contribution in [0.4, 0.5) is 11.6 Å². The Morgan fingerprint density at radius 3 is 2.72 bits per heavy atom. The van der Waals surface area contributed by atoms with E-state index in [-0.39, 0.29) is 5.56 Å². The van der Waals surface area contributed by atoms with E-state index >= 15 is 0 Å². The third-order valence-electron chi connectivity index (χ3n) is 2.43. The molecular formula is C12H12N4O2. The second-order valence-corrected chi connectivity index (χ2v) is 3.71. The summed E-state index contributed by atoms with van der Waals surface area (Å²) in [6.07, 6.45) is 2.94. The van der Waals surface area contributed by atoms with Gasteiger partial charge in [-0.25, -0.2) is 19.7 Å². The van der Waals surface area contributed by atoms with Crippen molar-refractivity contribution in [2.75, 3.05) is 11.9 Å². The summed E-state index contributed by atoms with van der Waals surface area (Å²) in [4.78, 5) is 25.0. The molecule has 0 aliphatic heterocycles. The fourth-order valence-electron chi connectivity index (χ4n) is 1.53. The van der Waals surface area contributed by atoms with Crippen LogP contribution in [-0.4, -0.2) is 33.1 Å². The summed E-state index contributed by atoms with van der Waals surface area (Å²) in [5, 5.41) is 9.13. The van der Waals surface area contributed by atoms with Crippen molar-refractivity contribution in [2.24, 2.45) is 0 Å². The highest BCUT2D eigenvalue weighted by Gasteiger charge is 2.17. The molecule has 92 valence electrons. The largest absolute Gasteiger partial charge is 0.477 e. The third kappa shape index (κ3) is 2.27. The van der Waals surface area contributed by atoms with Crippen molar-refractivity contribution >= 4 is 17.6 Å². The summed E-state index contributed by atoms with van der Waals surface area (Å²) in [5.74, 6) is 0.400. The number of carboxylic acid groups (broad SMARTS) is 1. The zero-order chi connectivity index (χ0) is 13.1. The van der Waals surface area contributed by atoms with Crippen LogP contribution in [0.1, 0.15) is 16.2 Å². The molecule has 18 heavy (non-hydrogen) atoms. The number of hydrogen-bond acceptors (Lipinski definition) is 5. The molecule has 0 amide bonds. The second kappa shape index (κ2) is 4.79. The Labute approximate surface area is 104 Å². The molecule has 0 radical (unpaired) electrons. The van der Waals surface area contributed by atoms with Crippen molar-refractivity contribution in [3.05, 3.63) is 42.0 Å². The van der Waals surface area contributed by atoms with E-state index in [4.69, 9.17) is 5.11 Å². The highest BCUT2D eigenvalue weighted by Crippen LogP contribution is 2.22. The fourth-order valence-corrected chi connectivity index (χ4v) is 1.53. The van der Waals surface area contributed by atoms with Gasteiger partial charge in [-0.2, -0.15) is 0 Å². The molecule has 6 nitrogen and oxygen atoms in total. The molecule has 0 bridgehead atoms. The van der Waals surface area contributed by atoms with Crippen molar-refractivity contribution < 1.29 is 9.90 Å². The molecule has 0 unspecified atom stereocenters. The summed E-state index contributed by atoms with van der Waals surface area (Å²) >= 11 is 0. The number of carbonyl (C=O) groups is 1. The molecule has 0 saturated carbocycles. The summed E-state index contributed by atoms with van der Waals surface area (Å²) in [5.41, 5.74) is 0.0498. The third-order valence-corrected chi connectivity index (χ3v) is 2.43. The quantitative estimate of drug-likeness (QED) is 0.884. The lowest BCUT2D eigenvalue weighted by Crippen LogP contribution is -2.17. The summed E-state index contributed by atoms with van der Waals surface area (Å²) in [6, 6.07) is 5.40. The van der Waals surface area contributed by atoms with Crippen molar-refractivity contribution in [1.82, 2.24) is 15.0 Å². The monoisotopic (exact) mass is 244 g/mol. The number of nitrogens with zero attached hydrogens (tertiary/aromatic N) is 4. The van der Waals surface area contributed by atoms with Crippen LogP contribution < -0.4 is 4.90 Å². The van der Waals surface area contributed by atoms with Crippen LogP contribution in [0.5, 0.6) is 0 Å². The summed E-state index contributed by atoms with van der Waals surface area (Å²) in [6.45, 7) is 1.71. The molecular weight excluding hydrogens is 232 g/mol. The molecule has 1 N–H and O–H groups in total. The van der Waals surface area contributed by atoms with Gasteiger partial charge in [0.1, 0.15) is 17.2 Å². The van der Waals surface area contributed by atoms with Crippen molar-refractivity contribution in [3.8, 4) is 0 Å². The summed E-state index contributed by atoms with van der Waals surface area (Å²) in [7, 11) is 1.72. The Hall–Kier alpha value is -2.50. The Morgan fingerprint density at radius 2 is 2.11 bits per heavy atom. The minimum Gasteiger partial charge on any atom is -0.477 e. The molecule has 2 heterocycles. The van der Waals surface area contributed by atoms with Gasteiger partial charge >= 0.3 is 5.97 Å². The van der Waals surface area contributed by atoms with E-state index < -0.39 is 5.97 Å². The minimum atomic E-state index is -1.06. The van der Waals surface area contributed by atoms with Crippen molar-refractivity contribution in [3.63, 3.8) is 0 Å². The molecule has 0 aliphatic rings. The van der Waals surface area contributed by atoms with Gasteiger partial charge in [-0.15, -0.1) is 0 Å². The van der Waals surface area contributed by atoms with Gasteiger partial charge in [-0.05, 0) is 19.1 Å². The van der Waals surface area contributed by atoms with Gasteiger partial charge in [0.15, 0.2) is 5.82 Å². The molecule has 2 aromatic heterocycles. The number of aromatic carboxylic acids is 1. The number of rotatable bonds is 3. The van der Waals surface area contributed by atoms with Gasteiger partial charge in [0.2, 0.25) is 0 Å². The second-order valence-electron chi connectivity index (χ2n) is 3.71. The van der Waals surface area contributed by atoms with E-state index in [1.54, 1.807) is 37.2 Å². The normalized spacial score (nSPS) is 10.1. The maximum Gasteiger partial charge on any atom is 0.341 e. The summed E-state index contributed by atoms with van der Waals surface area (Å²) < 4.78 is 0. The number of anilines is 2. The van der Waals surface area contributed by atoms with Crippen molar-refractivity contribution in [1.29, 1.82) is 0 Å². The smallest absolute Gasteiger partial charge is 0.341 e. The van der Waals surface area contributed by atoms with Gasteiger partial charge in [0, 0.05) is 19.4 Å². The SMILES string of the molecule is Cc1ncc(C(=O)O)c(N(C)c2ccccn2)n1. The van der Waals surface area contributed by atoms with Crippen LogP contribution in [0.25, 0.3) is 0 Å². The van der Waals surface area contributed by atoms with Gasteiger partial charge in [-0.3, -0.25) is 0 Å². The Balaban J connectivity index is 2.50. The number of hydrogen-bond donors (Lipinski definition) is 1. The van der Waals surface area contributed by atoms with Crippen LogP contribution in [0.2, 0.25) is 0 Å². The van der Waals surface area contributed by atoms with Crippen LogP contribution in [-0.2, 0) is 0 Å². The first-order valence-electron chi connectivity index (χ1n) is 5.31. The topological polar surface area (TPSA) is 79.2 Å². The molecule has 0 atom stereocenters. The van der Waals surface area contributed by atoms with E-state index in [9.17, 15) is 4.79 Å². The number of carboxylic acids is 1. The van der Waals surface area contributed by atoms with E-state index in [1.807, 2.05) is 6.07 Å². The van der Waals surface area contributed by atoms with E-state index in [2.05, 4.69) is 15.0 Å². The lowest BCUT2D eigenvalue weighted by molar-refractivity contribution is 0.0697. The van der Waals surface area contributed by atoms with Gasteiger partial charge < -0.3 is 10.0 Å². The number of aromatic nitrogens is 3. The highest BCUT2D eigenvalue weighted by molar-refractivity contribution is 5.93. The lowest BCUT2D eigenvalue weighted by Gasteiger charge is -2.18. The van der Waals surface area contributed by atoms with Gasteiger partial charge in [-0.1, -0.05) is 6.07 Å². The van der Waals surface area contributed by atoms with E-state index in [1.165, 1.54) is 6.20 Å². The average Bonchev–Trinajstić information content (AvgIpc) is 2.38. The average molecular weight is 244 g/mol. The van der Waals surface area contributed by atoms with Crippen LogP contribution in [0.15, 0.2) is 30.6 Å². The predicted octanol–water partition coefficient (Wildman–Crippen LogP) is 1.65. The lowest BCUT2D eigenvalue weighted by atomic mass is 10.3. The molecule has 0 saturated heterocycles. The maximum absolute atomic E-state index is 11.1. The van der Waals surface area contributed by atoms with Crippen LogP contribution in [0.3, 0.4) is 0 Å². The Bertz CT molecular complexity index is 572. The molecule has 6 heteroatoms. The van der Waals surface area contributed by atoms with E-state index in [0.717, 1.165) is 0 Å². The van der Waals surface area contributed by atoms with Crippen LogP contribution >= 0.6 is 0 Å². The molecule has 2 aromatic rings. The first-order valence-corrected chi connectivity index (χ1v) is 5.31. The molecule has 0 aliphatic carbocycles. The number of pyridine rings is 1. The van der Waals surface area contributed by atoms with E-state index in [0.29, 0.717) is 17.5 Å². The zero-order valence-electron chi connectivity index (χ0n) is 10.0. The Morgan fingerprint density at radius 1 is 1.33 bits per heavy atom. The predicted molar refractivity (Wildman–Crippen MR) is 66.0 cm³/mol. The number of aryl methyl sites for hydroxylation is 1. The Kier molecular flexibility index (Phi) is 3.18. The van der Waals surface area contributed by atoms with Crippen LogP contribution in [0, 0.1) is 6.92 Å². The highest BCUT2D eigenvalue weighted by atomic mass is 16.4. The fraction of sp³-hybridized carbons (Fsp3) is 0.167. The molecule has 2 rings (SSSR count). The molecule has 0 spiro atoms. The van der Waals surface area contributed by atoms with Crippen molar-refractivity contribution in [2.45, 2.75) is 6.92 Å². The minimum absolute atomic E-state index is 0.0498. The van der Waals surface area contributed by atoms with Gasteiger partial charge in [0.25, 0.3) is 0 Å². The zero-order valence-corrected chi connectivity index (χ0v) is 10.0. The maximum atomic E-state index is 11.1. The first kappa shape index (κ1) is 12.0.